The van der Waals surface area contributed by atoms with Gasteiger partial charge in [0.1, 0.15) is 5.75 Å². The highest BCUT2D eigenvalue weighted by Crippen LogP contribution is 2.41. The van der Waals surface area contributed by atoms with E-state index in [0.29, 0.717) is 16.9 Å². The number of rotatable bonds is 4. The van der Waals surface area contributed by atoms with Crippen LogP contribution in [0.3, 0.4) is 0 Å². The molecule has 0 spiro atoms. The van der Waals surface area contributed by atoms with Gasteiger partial charge >= 0.3 is 6.18 Å². The standard InChI is InChI=1S/C18H16F3N3O3/c1-27-14-6-4-12(5-7-14)9-16(25)24-17(26,18(19,20)21)10-15(23-24)13-3-2-8-22-11-13/h2-8,11,26H,9-10H2,1H3. The number of alkyl halides is 3. The number of aromatic nitrogens is 1. The normalized spacial score (nSPS) is 19.7. The number of hydrazone groups is 1. The van der Waals surface area contributed by atoms with E-state index in [0.717, 1.165) is 0 Å². The molecule has 2 aromatic rings. The van der Waals surface area contributed by atoms with E-state index < -0.39 is 24.2 Å². The largest absolute Gasteiger partial charge is 0.497 e. The van der Waals surface area contributed by atoms with Gasteiger partial charge in [0.05, 0.1) is 25.7 Å². The van der Waals surface area contributed by atoms with Crippen LogP contribution in [0.1, 0.15) is 17.5 Å². The van der Waals surface area contributed by atoms with E-state index >= 15 is 0 Å². The number of ether oxygens (including phenoxy) is 1. The van der Waals surface area contributed by atoms with Gasteiger partial charge in [0.15, 0.2) is 0 Å². The van der Waals surface area contributed by atoms with Crippen LogP contribution < -0.4 is 4.74 Å². The van der Waals surface area contributed by atoms with E-state index in [1.807, 2.05) is 0 Å². The van der Waals surface area contributed by atoms with Crippen LogP contribution in [-0.2, 0) is 11.2 Å². The minimum absolute atomic E-state index is 0.0639. The molecule has 3 rings (SSSR count). The molecule has 27 heavy (non-hydrogen) atoms. The molecule has 0 saturated heterocycles. The van der Waals surface area contributed by atoms with Crippen LogP contribution in [0.5, 0.6) is 5.75 Å². The Morgan fingerprint density at radius 2 is 2.00 bits per heavy atom. The molecule has 2 heterocycles. The summed E-state index contributed by atoms with van der Waals surface area (Å²) < 4.78 is 45.6. The van der Waals surface area contributed by atoms with Crippen molar-refractivity contribution in [1.29, 1.82) is 0 Å². The number of methoxy groups -OCH3 is 1. The minimum Gasteiger partial charge on any atom is -0.497 e. The molecule has 0 aliphatic carbocycles. The Balaban J connectivity index is 1.90. The molecule has 6 nitrogen and oxygen atoms in total. The van der Waals surface area contributed by atoms with Crippen LogP contribution in [0.4, 0.5) is 13.2 Å². The number of amides is 1. The third-order valence-corrected chi connectivity index (χ3v) is 4.18. The summed E-state index contributed by atoms with van der Waals surface area (Å²) in [5.41, 5.74) is -2.69. The summed E-state index contributed by atoms with van der Waals surface area (Å²) in [5.74, 6) is -0.421. The lowest BCUT2D eigenvalue weighted by Crippen LogP contribution is -2.57. The Kier molecular flexibility index (Phi) is 4.88. The van der Waals surface area contributed by atoms with Gasteiger partial charge in [-0.15, -0.1) is 0 Å². The summed E-state index contributed by atoms with van der Waals surface area (Å²) in [4.78, 5) is 16.4. The number of pyridine rings is 1. The molecule has 0 saturated carbocycles. The number of carbonyl (C=O) groups is 1. The average Bonchev–Trinajstić information content (AvgIpc) is 3.02. The van der Waals surface area contributed by atoms with Crippen LogP contribution in [0.15, 0.2) is 53.9 Å². The molecule has 1 aliphatic heterocycles. The number of carbonyl (C=O) groups excluding carboxylic acids is 1. The molecule has 1 atom stereocenters. The number of benzene rings is 1. The SMILES string of the molecule is COc1ccc(CC(=O)N2N=C(c3cccnc3)CC2(O)C(F)(F)F)cc1. The monoisotopic (exact) mass is 379 g/mol. The maximum Gasteiger partial charge on any atom is 0.438 e. The van der Waals surface area contributed by atoms with Gasteiger partial charge in [-0.25, -0.2) is 0 Å². The topological polar surface area (TPSA) is 75.0 Å². The Morgan fingerprint density at radius 3 is 2.56 bits per heavy atom. The molecular formula is C18H16F3N3O3. The van der Waals surface area contributed by atoms with Gasteiger partial charge in [-0.05, 0) is 23.8 Å². The molecule has 1 aromatic heterocycles. The smallest absolute Gasteiger partial charge is 0.438 e. The van der Waals surface area contributed by atoms with Crippen LogP contribution in [0.2, 0.25) is 0 Å². The van der Waals surface area contributed by atoms with Crippen molar-refractivity contribution in [3.05, 3.63) is 59.9 Å². The zero-order valence-electron chi connectivity index (χ0n) is 14.3. The third-order valence-electron chi connectivity index (χ3n) is 4.18. The maximum absolute atomic E-state index is 13.5. The second-order valence-electron chi connectivity index (χ2n) is 6.01. The van der Waals surface area contributed by atoms with Gasteiger partial charge in [0.2, 0.25) is 5.91 Å². The zero-order valence-corrected chi connectivity index (χ0v) is 14.3. The Hall–Kier alpha value is -2.94. The van der Waals surface area contributed by atoms with Gasteiger partial charge in [0.25, 0.3) is 5.72 Å². The maximum atomic E-state index is 13.5. The number of hydrogen-bond donors (Lipinski definition) is 1. The van der Waals surface area contributed by atoms with E-state index in [9.17, 15) is 23.1 Å². The molecule has 0 fully saturated rings. The van der Waals surface area contributed by atoms with Crippen molar-refractivity contribution in [3.63, 3.8) is 0 Å². The van der Waals surface area contributed by atoms with Crippen molar-refractivity contribution in [2.24, 2.45) is 5.10 Å². The van der Waals surface area contributed by atoms with Crippen molar-refractivity contribution in [3.8, 4) is 5.75 Å². The fourth-order valence-corrected chi connectivity index (χ4v) is 2.72. The first kappa shape index (κ1) is 18.8. The molecule has 1 aliphatic rings. The average molecular weight is 379 g/mol. The minimum atomic E-state index is -5.07. The van der Waals surface area contributed by atoms with Gasteiger partial charge in [0, 0.05) is 18.0 Å². The molecule has 1 unspecified atom stereocenters. The fourth-order valence-electron chi connectivity index (χ4n) is 2.72. The predicted octanol–water partition coefficient (Wildman–Crippen LogP) is 2.52. The lowest BCUT2D eigenvalue weighted by Gasteiger charge is -2.32. The second-order valence-corrected chi connectivity index (χ2v) is 6.01. The predicted molar refractivity (Wildman–Crippen MR) is 89.9 cm³/mol. The highest BCUT2D eigenvalue weighted by atomic mass is 19.4. The summed E-state index contributed by atoms with van der Waals surface area (Å²) >= 11 is 0. The van der Waals surface area contributed by atoms with E-state index in [1.165, 1.54) is 31.6 Å². The Labute approximate surface area is 152 Å². The summed E-state index contributed by atoms with van der Waals surface area (Å²) in [6.07, 6.45) is -3.51. The number of halogens is 3. The van der Waals surface area contributed by atoms with Crippen molar-refractivity contribution in [1.82, 2.24) is 9.99 Å². The molecule has 9 heteroatoms. The van der Waals surface area contributed by atoms with Crippen molar-refractivity contribution >= 4 is 11.6 Å². The highest BCUT2D eigenvalue weighted by molar-refractivity contribution is 6.03. The summed E-state index contributed by atoms with van der Waals surface area (Å²) in [7, 11) is 1.47. The third kappa shape index (κ3) is 3.63. The van der Waals surface area contributed by atoms with Gasteiger partial charge < -0.3 is 9.84 Å². The number of hydrogen-bond acceptors (Lipinski definition) is 5. The Bertz CT molecular complexity index is 854. The molecular weight excluding hydrogens is 363 g/mol. The van der Waals surface area contributed by atoms with Crippen molar-refractivity contribution < 1.29 is 27.8 Å². The highest BCUT2D eigenvalue weighted by Gasteiger charge is 2.63. The van der Waals surface area contributed by atoms with Crippen molar-refractivity contribution in [2.75, 3.05) is 7.11 Å². The van der Waals surface area contributed by atoms with Crippen LogP contribution >= 0.6 is 0 Å². The van der Waals surface area contributed by atoms with E-state index in [-0.39, 0.29) is 17.1 Å². The lowest BCUT2D eigenvalue weighted by atomic mass is 10.0. The molecule has 1 N–H and O–H groups in total. The fraction of sp³-hybridized carbons (Fsp3) is 0.278. The number of aliphatic hydroxyl groups is 1. The van der Waals surface area contributed by atoms with Crippen LogP contribution in [0.25, 0.3) is 0 Å². The zero-order chi connectivity index (χ0) is 19.7. The van der Waals surface area contributed by atoms with Gasteiger partial charge in [-0.3, -0.25) is 9.78 Å². The first-order valence-electron chi connectivity index (χ1n) is 7.97. The van der Waals surface area contributed by atoms with E-state index in [2.05, 4.69) is 10.1 Å². The van der Waals surface area contributed by atoms with Crippen LogP contribution in [0, 0.1) is 0 Å². The van der Waals surface area contributed by atoms with Crippen LogP contribution in [-0.4, -0.2) is 45.7 Å². The summed E-state index contributed by atoms with van der Waals surface area (Å²) in [6, 6.07) is 9.35. The van der Waals surface area contributed by atoms with E-state index in [1.54, 1.807) is 24.3 Å². The molecule has 0 bridgehead atoms. The van der Waals surface area contributed by atoms with E-state index in [4.69, 9.17) is 4.74 Å². The molecule has 142 valence electrons. The molecule has 0 radical (unpaired) electrons. The number of nitrogens with zero attached hydrogens (tertiary/aromatic N) is 3. The summed E-state index contributed by atoms with van der Waals surface area (Å²) in [6.45, 7) is 0. The van der Waals surface area contributed by atoms with Gasteiger partial charge in [-0.2, -0.15) is 23.3 Å². The summed E-state index contributed by atoms with van der Waals surface area (Å²) in [5, 5.41) is 14.2. The Morgan fingerprint density at radius 1 is 1.30 bits per heavy atom. The first-order valence-corrected chi connectivity index (χ1v) is 7.97. The van der Waals surface area contributed by atoms with Crippen molar-refractivity contribution in [2.45, 2.75) is 24.7 Å². The molecule has 1 aromatic carbocycles. The second kappa shape index (κ2) is 6.99. The van der Waals surface area contributed by atoms with Gasteiger partial charge in [-0.1, -0.05) is 18.2 Å². The lowest BCUT2D eigenvalue weighted by molar-refractivity contribution is -0.302. The first-order chi connectivity index (χ1) is 12.7. The molecule has 1 amide bonds. The quantitative estimate of drug-likeness (QED) is 0.886.